The molecule has 0 bridgehead atoms. The number of rotatable bonds is 6. The fourth-order valence-electron chi connectivity index (χ4n) is 2.98. The van der Waals surface area contributed by atoms with Gasteiger partial charge in [0, 0.05) is 17.4 Å². The van der Waals surface area contributed by atoms with Crippen molar-refractivity contribution in [2.24, 2.45) is 0 Å². The number of fused-ring (bicyclic) bond motifs is 1. The molecule has 2 aromatic heterocycles. The highest BCUT2D eigenvalue weighted by atomic mass is 16.5. The topological polar surface area (TPSA) is 70.5 Å². The number of aromatic nitrogens is 1. The van der Waals surface area contributed by atoms with E-state index >= 15 is 0 Å². The number of ether oxygens (including phenoxy) is 2. The Kier molecular flexibility index (Phi) is 4.60. The van der Waals surface area contributed by atoms with Crippen molar-refractivity contribution in [1.29, 1.82) is 0 Å². The van der Waals surface area contributed by atoms with Gasteiger partial charge >= 0.3 is 0 Å². The van der Waals surface area contributed by atoms with Gasteiger partial charge in [0.2, 0.25) is 0 Å². The zero-order valence-corrected chi connectivity index (χ0v) is 14.3. The van der Waals surface area contributed by atoms with E-state index in [0.29, 0.717) is 23.7 Å². The van der Waals surface area contributed by atoms with Crippen LogP contribution in [0.5, 0.6) is 11.5 Å². The first-order valence-electron chi connectivity index (χ1n) is 8.03. The summed E-state index contributed by atoms with van der Waals surface area (Å²) < 4.78 is 16.4. The summed E-state index contributed by atoms with van der Waals surface area (Å²) in [6, 6.07) is 7.77. The molecule has 3 rings (SSSR count). The van der Waals surface area contributed by atoms with Gasteiger partial charge in [-0.15, -0.1) is 0 Å². The van der Waals surface area contributed by atoms with Crippen molar-refractivity contribution >= 4 is 16.6 Å². The summed E-state index contributed by atoms with van der Waals surface area (Å²) >= 11 is 0. The lowest BCUT2D eigenvalue weighted by atomic mass is 9.98. The Labute approximate surface area is 141 Å². The third-order valence-electron chi connectivity index (χ3n) is 4.14. The number of hydrogen-bond acceptors (Lipinski definition) is 5. The molecule has 0 atom stereocenters. The van der Waals surface area contributed by atoms with Crippen molar-refractivity contribution in [2.75, 3.05) is 20.0 Å². The molecule has 2 N–H and O–H groups in total. The molecule has 0 radical (unpaired) electrons. The molecule has 0 aliphatic carbocycles. The Hall–Kier alpha value is -2.69. The molecule has 0 amide bonds. The molecule has 0 fully saturated rings. The molecule has 0 saturated heterocycles. The number of benzene rings is 1. The van der Waals surface area contributed by atoms with Crippen LogP contribution >= 0.6 is 0 Å². The summed E-state index contributed by atoms with van der Waals surface area (Å²) in [7, 11) is 3.27. The van der Waals surface area contributed by atoms with Crippen LogP contribution < -0.4 is 15.2 Å². The molecular weight excluding hydrogens is 304 g/mol. The molecule has 0 aliphatic heterocycles. The van der Waals surface area contributed by atoms with E-state index in [9.17, 15) is 0 Å². The normalized spacial score (nSPS) is 11.0. The summed E-state index contributed by atoms with van der Waals surface area (Å²) in [5.74, 6) is 2.76. The lowest BCUT2D eigenvalue weighted by Crippen LogP contribution is -2.05. The zero-order valence-electron chi connectivity index (χ0n) is 14.3. The first-order chi connectivity index (χ1) is 11.7. The Bertz CT molecular complexity index is 842. The van der Waals surface area contributed by atoms with Gasteiger partial charge in [0.15, 0.2) is 11.5 Å². The van der Waals surface area contributed by atoms with E-state index in [1.807, 2.05) is 24.3 Å². The molecule has 5 nitrogen and oxygen atoms in total. The number of methoxy groups -OCH3 is 2. The van der Waals surface area contributed by atoms with Crippen molar-refractivity contribution in [3.63, 3.8) is 0 Å². The number of aryl methyl sites for hydroxylation is 1. The van der Waals surface area contributed by atoms with Crippen LogP contribution in [-0.4, -0.2) is 19.2 Å². The number of pyridine rings is 1. The molecular formula is C19H22N2O3. The van der Waals surface area contributed by atoms with E-state index in [0.717, 1.165) is 40.6 Å². The fourth-order valence-corrected chi connectivity index (χ4v) is 2.98. The van der Waals surface area contributed by atoms with Gasteiger partial charge in [-0.05, 0) is 36.1 Å². The first kappa shape index (κ1) is 16.2. The third kappa shape index (κ3) is 2.89. The second-order valence-electron chi connectivity index (χ2n) is 5.68. The van der Waals surface area contributed by atoms with Crippen LogP contribution in [0.2, 0.25) is 0 Å². The van der Waals surface area contributed by atoms with Gasteiger partial charge in [0.05, 0.1) is 26.2 Å². The third-order valence-corrected chi connectivity index (χ3v) is 4.14. The molecule has 126 valence electrons. The van der Waals surface area contributed by atoms with Crippen LogP contribution in [0.15, 0.2) is 34.9 Å². The van der Waals surface area contributed by atoms with Crippen molar-refractivity contribution in [2.45, 2.75) is 26.2 Å². The maximum atomic E-state index is 6.27. The van der Waals surface area contributed by atoms with Crippen molar-refractivity contribution in [3.05, 3.63) is 47.5 Å². The summed E-state index contributed by atoms with van der Waals surface area (Å²) in [5, 5.41) is 2.07. The van der Waals surface area contributed by atoms with Crippen LogP contribution in [0.1, 0.15) is 30.4 Å². The lowest BCUT2D eigenvalue weighted by molar-refractivity contribution is 0.356. The van der Waals surface area contributed by atoms with Gasteiger partial charge in [-0.1, -0.05) is 13.3 Å². The average Bonchev–Trinajstić information content (AvgIpc) is 3.10. The highest BCUT2D eigenvalue weighted by Crippen LogP contribution is 2.37. The SMILES string of the molecule is CCCc1nc(N)c(Cc2ccco2)c2cc(OC)c(OC)cc12. The lowest BCUT2D eigenvalue weighted by Gasteiger charge is -2.16. The van der Waals surface area contributed by atoms with Gasteiger partial charge in [-0.3, -0.25) is 0 Å². The Morgan fingerprint density at radius 3 is 2.42 bits per heavy atom. The Balaban J connectivity index is 2.26. The second-order valence-corrected chi connectivity index (χ2v) is 5.68. The predicted octanol–water partition coefficient (Wildman–Crippen LogP) is 3.97. The van der Waals surface area contributed by atoms with Gasteiger partial charge in [-0.2, -0.15) is 0 Å². The molecule has 5 heteroatoms. The number of nitrogens with zero attached hydrogens (tertiary/aromatic N) is 1. The van der Waals surface area contributed by atoms with E-state index < -0.39 is 0 Å². The highest BCUT2D eigenvalue weighted by Gasteiger charge is 2.17. The van der Waals surface area contributed by atoms with E-state index in [-0.39, 0.29) is 0 Å². The largest absolute Gasteiger partial charge is 0.493 e. The van der Waals surface area contributed by atoms with E-state index in [4.69, 9.17) is 19.6 Å². The van der Waals surface area contributed by atoms with E-state index in [2.05, 4.69) is 11.9 Å². The predicted molar refractivity (Wildman–Crippen MR) is 94.8 cm³/mol. The minimum atomic E-state index is 0.537. The molecule has 0 unspecified atom stereocenters. The van der Waals surface area contributed by atoms with E-state index in [1.54, 1.807) is 20.5 Å². The molecule has 0 aliphatic rings. The van der Waals surface area contributed by atoms with Crippen LogP contribution in [-0.2, 0) is 12.8 Å². The van der Waals surface area contributed by atoms with Gasteiger partial charge in [0.1, 0.15) is 11.6 Å². The van der Waals surface area contributed by atoms with Gasteiger partial charge in [0.25, 0.3) is 0 Å². The van der Waals surface area contributed by atoms with Crippen LogP contribution in [0, 0.1) is 0 Å². The van der Waals surface area contributed by atoms with Crippen LogP contribution in [0.4, 0.5) is 5.82 Å². The molecule has 1 aromatic carbocycles. The Morgan fingerprint density at radius 1 is 1.12 bits per heavy atom. The fraction of sp³-hybridized carbons (Fsp3) is 0.316. The molecule has 3 aromatic rings. The maximum Gasteiger partial charge on any atom is 0.161 e. The molecule has 2 heterocycles. The van der Waals surface area contributed by atoms with Crippen LogP contribution in [0.3, 0.4) is 0 Å². The smallest absolute Gasteiger partial charge is 0.161 e. The molecule has 24 heavy (non-hydrogen) atoms. The molecule has 0 saturated carbocycles. The van der Waals surface area contributed by atoms with E-state index in [1.165, 1.54) is 0 Å². The minimum absolute atomic E-state index is 0.537. The van der Waals surface area contributed by atoms with Gasteiger partial charge in [-0.25, -0.2) is 4.98 Å². The van der Waals surface area contributed by atoms with Crippen molar-refractivity contribution in [3.8, 4) is 11.5 Å². The summed E-state index contributed by atoms with van der Waals surface area (Å²) in [5.41, 5.74) is 8.20. The number of furan rings is 1. The maximum absolute atomic E-state index is 6.27. The second kappa shape index (κ2) is 6.83. The summed E-state index contributed by atoms with van der Waals surface area (Å²) in [6.45, 7) is 2.13. The monoisotopic (exact) mass is 326 g/mol. The number of nitrogen functional groups attached to an aromatic ring is 1. The zero-order chi connectivity index (χ0) is 17.1. The summed E-state index contributed by atoms with van der Waals surface area (Å²) in [4.78, 5) is 4.64. The van der Waals surface area contributed by atoms with Gasteiger partial charge < -0.3 is 19.6 Å². The quantitative estimate of drug-likeness (QED) is 0.742. The highest BCUT2D eigenvalue weighted by molar-refractivity contribution is 5.93. The first-order valence-corrected chi connectivity index (χ1v) is 8.03. The summed E-state index contributed by atoms with van der Waals surface area (Å²) in [6.07, 6.45) is 4.10. The number of nitrogens with two attached hydrogens (primary N) is 1. The standard InChI is InChI=1S/C19H22N2O3/c1-4-6-16-14-11-18(23-3)17(22-2)10-13(14)15(19(20)21-16)9-12-7-5-8-24-12/h5,7-8,10-11H,4,6,9H2,1-3H3,(H2,20,21). The number of hydrogen-bond donors (Lipinski definition) is 1. The minimum Gasteiger partial charge on any atom is -0.493 e. The molecule has 0 spiro atoms. The Morgan fingerprint density at radius 2 is 1.83 bits per heavy atom. The van der Waals surface area contributed by atoms with Crippen molar-refractivity contribution < 1.29 is 13.9 Å². The van der Waals surface area contributed by atoms with Crippen molar-refractivity contribution in [1.82, 2.24) is 4.98 Å². The van der Waals surface area contributed by atoms with Crippen LogP contribution in [0.25, 0.3) is 10.8 Å². The average molecular weight is 326 g/mol. The number of anilines is 1.